The van der Waals surface area contributed by atoms with Crippen molar-refractivity contribution in [1.29, 1.82) is 5.41 Å². The molecule has 0 bridgehead atoms. The number of hydrogen-bond acceptors (Lipinski definition) is 3. The van der Waals surface area contributed by atoms with E-state index in [4.69, 9.17) is 14.9 Å². The minimum atomic E-state index is -0.199. The molecule has 0 heterocycles. The van der Waals surface area contributed by atoms with Crippen molar-refractivity contribution >= 4 is 5.90 Å². The second-order valence-corrected chi connectivity index (χ2v) is 2.70. The molecule has 0 aromatic carbocycles. The van der Waals surface area contributed by atoms with Crippen molar-refractivity contribution in [3.05, 3.63) is 0 Å². The number of methoxy groups -OCH3 is 1. The maximum absolute atomic E-state index is 7.43. The van der Waals surface area contributed by atoms with Crippen LogP contribution in [0.1, 0.15) is 20.8 Å². The average molecular weight is 159 g/mol. The SMILES string of the molecule is CCOC(=N)C(OC)C(C)C. The summed E-state index contributed by atoms with van der Waals surface area (Å²) in [5.41, 5.74) is 0. The molecular formula is C8H17NO2. The van der Waals surface area contributed by atoms with Gasteiger partial charge in [0.25, 0.3) is 0 Å². The molecule has 11 heavy (non-hydrogen) atoms. The Balaban J connectivity index is 3.92. The van der Waals surface area contributed by atoms with Crippen molar-refractivity contribution in [2.24, 2.45) is 5.92 Å². The summed E-state index contributed by atoms with van der Waals surface area (Å²) >= 11 is 0. The second-order valence-electron chi connectivity index (χ2n) is 2.70. The van der Waals surface area contributed by atoms with Gasteiger partial charge < -0.3 is 9.47 Å². The molecule has 3 heteroatoms. The van der Waals surface area contributed by atoms with Crippen molar-refractivity contribution in [1.82, 2.24) is 0 Å². The lowest BCUT2D eigenvalue weighted by molar-refractivity contribution is 0.0925. The van der Waals surface area contributed by atoms with E-state index >= 15 is 0 Å². The number of hydrogen-bond donors (Lipinski definition) is 1. The van der Waals surface area contributed by atoms with E-state index in [1.54, 1.807) is 7.11 Å². The first kappa shape index (κ1) is 10.4. The van der Waals surface area contributed by atoms with Gasteiger partial charge in [-0.3, -0.25) is 5.41 Å². The van der Waals surface area contributed by atoms with E-state index < -0.39 is 0 Å². The molecule has 0 aliphatic rings. The standard InChI is InChI=1S/C8H17NO2/c1-5-11-8(9)7(10-4)6(2)3/h6-7,9H,5H2,1-4H3. The molecule has 0 spiro atoms. The third kappa shape index (κ3) is 3.37. The third-order valence-corrected chi connectivity index (χ3v) is 1.42. The highest BCUT2D eigenvalue weighted by atomic mass is 16.5. The highest BCUT2D eigenvalue weighted by Gasteiger charge is 2.18. The summed E-state index contributed by atoms with van der Waals surface area (Å²) in [7, 11) is 1.60. The minimum Gasteiger partial charge on any atom is -0.480 e. The normalized spacial score (nSPS) is 13.2. The van der Waals surface area contributed by atoms with Gasteiger partial charge in [-0.15, -0.1) is 0 Å². The Kier molecular flexibility index (Phi) is 4.86. The number of ether oxygens (including phenoxy) is 2. The summed E-state index contributed by atoms with van der Waals surface area (Å²) in [4.78, 5) is 0. The smallest absolute Gasteiger partial charge is 0.210 e. The lowest BCUT2D eigenvalue weighted by Gasteiger charge is -2.19. The molecule has 1 N–H and O–H groups in total. The molecule has 1 atom stereocenters. The fourth-order valence-electron chi connectivity index (χ4n) is 0.920. The third-order valence-electron chi connectivity index (χ3n) is 1.42. The van der Waals surface area contributed by atoms with Crippen LogP contribution in [0.4, 0.5) is 0 Å². The number of nitrogens with one attached hydrogen (secondary N) is 1. The Bertz CT molecular complexity index is 123. The van der Waals surface area contributed by atoms with Crippen LogP contribution in [-0.4, -0.2) is 25.7 Å². The summed E-state index contributed by atoms with van der Waals surface area (Å²) in [6, 6.07) is 0. The zero-order valence-electron chi connectivity index (χ0n) is 7.68. The van der Waals surface area contributed by atoms with Gasteiger partial charge in [0.2, 0.25) is 5.90 Å². The molecule has 66 valence electrons. The van der Waals surface area contributed by atoms with Gasteiger partial charge in [0.05, 0.1) is 6.61 Å². The second kappa shape index (κ2) is 5.13. The summed E-state index contributed by atoms with van der Waals surface area (Å²) in [6.07, 6.45) is -0.199. The first-order valence-electron chi connectivity index (χ1n) is 3.87. The lowest BCUT2D eigenvalue weighted by atomic mass is 10.1. The van der Waals surface area contributed by atoms with E-state index in [1.165, 1.54) is 0 Å². The van der Waals surface area contributed by atoms with Crippen LogP contribution in [-0.2, 0) is 9.47 Å². The molecule has 1 unspecified atom stereocenters. The molecule has 0 fully saturated rings. The molecule has 0 rings (SSSR count). The Morgan fingerprint density at radius 1 is 1.45 bits per heavy atom. The molecule has 0 saturated heterocycles. The van der Waals surface area contributed by atoms with Gasteiger partial charge in [-0.05, 0) is 12.8 Å². The van der Waals surface area contributed by atoms with Crippen LogP contribution in [0.2, 0.25) is 0 Å². The fraction of sp³-hybridized carbons (Fsp3) is 0.875. The molecule has 0 saturated carbocycles. The first-order chi connectivity index (χ1) is 5.13. The molecular weight excluding hydrogens is 142 g/mol. The topological polar surface area (TPSA) is 42.3 Å². The minimum absolute atomic E-state index is 0.199. The highest BCUT2D eigenvalue weighted by molar-refractivity contribution is 5.77. The predicted molar refractivity (Wildman–Crippen MR) is 45.0 cm³/mol. The van der Waals surface area contributed by atoms with Crippen LogP contribution in [0.5, 0.6) is 0 Å². The van der Waals surface area contributed by atoms with Gasteiger partial charge in [0.1, 0.15) is 6.10 Å². The molecule has 0 amide bonds. The Hall–Kier alpha value is -0.570. The monoisotopic (exact) mass is 159 g/mol. The fourth-order valence-corrected chi connectivity index (χ4v) is 0.920. The molecule has 0 aromatic heterocycles. The van der Waals surface area contributed by atoms with Crippen LogP contribution < -0.4 is 0 Å². The Morgan fingerprint density at radius 3 is 2.27 bits per heavy atom. The quantitative estimate of drug-likeness (QED) is 0.501. The summed E-state index contributed by atoms with van der Waals surface area (Å²) in [6.45, 7) is 6.40. The van der Waals surface area contributed by atoms with E-state index in [2.05, 4.69) is 0 Å². The maximum atomic E-state index is 7.43. The molecule has 0 radical (unpaired) electrons. The predicted octanol–water partition coefficient (Wildman–Crippen LogP) is 1.67. The van der Waals surface area contributed by atoms with Gasteiger partial charge >= 0.3 is 0 Å². The largest absolute Gasteiger partial charge is 0.480 e. The van der Waals surface area contributed by atoms with Gasteiger partial charge in [-0.1, -0.05) is 13.8 Å². The summed E-state index contributed by atoms with van der Waals surface area (Å²) < 4.78 is 10.1. The Labute approximate surface area is 68.2 Å². The van der Waals surface area contributed by atoms with Crippen LogP contribution in [0.3, 0.4) is 0 Å². The van der Waals surface area contributed by atoms with E-state index in [0.717, 1.165) is 0 Å². The van der Waals surface area contributed by atoms with Crippen molar-refractivity contribution in [2.45, 2.75) is 26.9 Å². The molecule has 0 aromatic rings. The van der Waals surface area contributed by atoms with Gasteiger partial charge in [0, 0.05) is 7.11 Å². The van der Waals surface area contributed by atoms with Crippen LogP contribution in [0, 0.1) is 11.3 Å². The van der Waals surface area contributed by atoms with Crippen LogP contribution in [0.15, 0.2) is 0 Å². The zero-order chi connectivity index (χ0) is 8.85. The summed E-state index contributed by atoms with van der Waals surface area (Å²) in [5.74, 6) is 0.518. The van der Waals surface area contributed by atoms with Crippen molar-refractivity contribution < 1.29 is 9.47 Å². The molecule has 0 aliphatic heterocycles. The zero-order valence-corrected chi connectivity index (χ0v) is 7.68. The lowest BCUT2D eigenvalue weighted by Crippen LogP contribution is -2.29. The highest BCUT2D eigenvalue weighted by Crippen LogP contribution is 2.07. The van der Waals surface area contributed by atoms with Gasteiger partial charge in [-0.2, -0.15) is 0 Å². The van der Waals surface area contributed by atoms with Gasteiger partial charge in [0.15, 0.2) is 0 Å². The van der Waals surface area contributed by atoms with Crippen molar-refractivity contribution in [2.75, 3.05) is 13.7 Å². The van der Waals surface area contributed by atoms with E-state index in [-0.39, 0.29) is 12.0 Å². The van der Waals surface area contributed by atoms with E-state index in [9.17, 15) is 0 Å². The first-order valence-corrected chi connectivity index (χ1v) is 3.87. The number of rotatable bonds is 4. The van der Waals surface area contributed by atoms with Gasteiger partial charge in [-0.25, -0.2) is 0 Å². The summed E-state index contributed by atoms with van der Waals surface area (Å²) in [5, 5.41) is 7.43. The average Bonchev–Trinajstić information content (AvgIpc) is 1.88. The van der Waals surface area contributed by atoms with E-state index in [0.29, 0.717) is 12.5 Å². The Morgan fingerprint density at radius 2 is 2.00 bits per heavy atom. The maximum Gasteiger partial charge on any atom is 0.210 e. The van der Waals surface area contributed by atoms with Crippen molar-refractivity contribution in [3.63, 3.8) is 0 Å². The molecule has 3 nitrogen and oxygen atoms in total. The van der Waals surface area contributed by atoms with Crippen LogP contribution in [0.25, 0.3) is 0 Å². The van der Waals surface area contributed by atoms with Crippen molar-refractivity contribution in [3.8, 4) is 0 Å². The van der Waals surface area contributed by atoms with Crippen LogP contribution >= 0.6 is 0 Å². The molecule has 0 aliphatic carbocycles. The van der Waals surface area contributed by atoms with E-state index in [1.807, 2.05) is 20.8 Å².